The first kappa shape index (κ1) is 12.7. The molecule has 112 valence electrons. The predicted octanol–water partition coefficient (Wildman–Crippen LogP) is 1.01. The number of aromatic amines is 2. The van der Waals surface area contributed by atoms with Crippen molar-refractivity contribution in [1.82, 2.24) is 20.2 Å². The van der Waals surface area contributed by atoms with Gasteiger partial charge in [-0.2, -0.15) is 10.1 Å². The Morgan fingerprint density at radius 1 is 1.32 bits per heavy atom. The zero-order valence-electron chi connectivity index (χ0n) is 11.8. The van der Waals surface area contributed by atoms with E-state index < -0.39 is 0 Å². The van der Waals surface area contributed by atoms with E-state index in [1.807, 2.05) is 30.1 Å². The summed E-state index contributed by atoms with van der Waals surface area (Å²) in [5, 5.41) is 6.98. The van der Waals surface area contributed by atoms with Crippen molar-refractivity contribution in [2.24, 2.45) is 0 Å². The fourth-order valence-corrected chi connectivity index (χ4v) is 2.40. The van der Waals surface area contributed by atoms with Crippen LogP contribution in [-0.2, 0) is 6.54 Å². The van der Waals surface area contributed by atoms with E-state index in [2.05, 4.69) is 20.2 Å². The van der Waals surface area contributed by atoms with E-state index in [9.17, 15) is 4.79 Å². The number of H-pyrrole nitrogens is 2. The highest BCUT2D eigenvalue weighted by molar-refractivity contribution is 5.73. The van der Waals surface area contributed by atoms with E-state index in [0.717, 1.165) is 17.1 Å². The van der Waals surface area contributed by atoms with E-state index in [0.29, 0.717) is 23.5 Å². The molecule has 0 atom stereocenters. The second kappa shape index (κ2) is 4.76. The first-order chi connectivity index (χ1) is 10.7. The molecule has 3 heterocycles. The third kappa shape index (κ3) is 2.05. The van der Waals surface area contributed by atoms with Crippen LogP contribution in [0.2, 0.25) is 0 Å². The van der Waals surface area contributed by atoms with Crippen molar-refractivity contribution in [1.29, 1.82) is 0 Å². The Bertz CT molecular complexity index is 901. The Morgan fingerprint density at radius 3 is 3.09 bits per heavy atom. The van der Waals surface area contributed by atoms with Gasteiger partial charge in [-0.25, -0.2) is 0 Å². The lowest BCUT2D eigenvalue weighted by Gasteiger charge is -2.17. The van der Waals surface area contributed by atoms with Gasteiger partial charge in [0.05, 0.1) is 6.20 Å². The molecule has 0 saturated heterocycles. The van der Waals surface area contributed by atoms with Crippen molar-refractivity contribution >= 4 is 17.0 Å². The Morgan fingerprint density at radius 2 is 2.18 bits per heavy atom. The van der Waals surface area contributed by atoms with Crippen LogP contribution in [0.1, 0.15) is 5.56 Å². The molecule has 2 N–H and O–H groups in total. The third-order valence-corrected chi connectivity index (χ3v) is 3.53. The van der Waals surface area contributed by atoms with Crippen molar-refractivity contribution in [2.75, 3.05) is 18.7 Å². The second-order valence-electron chi connectivity index (χ2n) is 5.07. The lowest BCUT2D eigenvalue weighted by atomic mass is 10.2. The Kier molecular flexibility index (Phi) is 2.75. The first-order valence-corrected chi connectivity index (χ1v) is 6.74. The number of hydrogen-bond acceptors (Lipinski definition) is 6. The number of rotatable bonds is 3. The molecule has 1 aliphatic heterocycles. The van der Waals surface area contributed by atoms with E-state index in [1.165, 1.54) is 6.20 Å². The summed E-state index contributed by atoms with van der Waals surface area (Å²) in [7, 11) is 1.85. The highest BCUT2D eigenvalue weighted by Crippen LogP contribution is 2.32. The van der Waals surface area contributed by atoms with E-state index >= 15 is 0 Å². The van der Waals surface area contributed by atoms with Gasteiger partial charge >= 0.3 is 0 Å². The molecule has 0 unspecified atom stereocenters. The molecule has 0 aliphatic carbocycles. The molecule has 0 spiro atoms. The summed E-state index contributed by atoms with van der Waals surface area (Å²) in [5.74, 6) is 1.95. The van der Waals surface area contributed by atoms with Crippen LogP contribution in [0.5, 0.6) is 11.5 Å². The van der Waals surface area contributed by atoms with Crippen LogP contribution in [0.15, 0.2) is 29.2 Å². The SMILES string of the molecule is CN(Cc1ccc2c(c1)OCO2)c1nc2[nH]ncc2c(=O)[nH]1. The Balaban J connectivity index is 1.63. The highest BCUT2D eigenvalue weighted by atomic mass is 16.7. The molecule has 2 aromatic heterocycles. The summed E-state index contributed by atoms with van der Waals surface area (Å²) in [6.45, 7) is 0.819. The van der Waals surface area contributed by atoms with Crippen LogP contribution >= 0.6 is 0 Å². The average Bonchev–Trinajstić information content (AvgIpc) is 3.15. The van der Waals surface area contributed by atoms with Gasteiger partial charge in [-0.05, 0) is 17.7 Å². The van der Waals surface area contributed by atoms with Crippen molar-refractivity contribution < 1.29 is 9.47 Å². The monoisotopic (exact) mass is 299 g/mol. The smallest absolute Gasteiger partial charge is 0.263 e. The summed E-state index contributed by atoms with van der Waals surface area (Å²) in [6.07, 6.45) is 1.46. The highest BCUT2D eigenvalue weighted by Gasteiger charge is 2.15. The Labute approximate surface area is 124 Å². The predicted molar refractivity (Wildman–Crippen MR) is 79.2 cm³/mol. The minimum absolute atomic E-state index is 0.216. The van der Waals surface area contributed by atoms with Gasteiger partial charge < -0.3 is 14.4 Å². The summed E-state index contributed by atoms with van der Waals surface area (Å²) >= 11 is 0. The van der Waals surface area contributed by atoms with Crippen molar-refractivity contribution in [2.45, 2.75) is 6.54 Å². The molecule has 0 saturated carbocycles. The normalized spacial score (nSPS) is 12.8. The fraction of sp³-hybridized carbons (Fsp3) is 0.214. The number of nitrogens with zero attached hydrogens (tertiary/aromatic N) is 3. The van der Waals surface area contributed by atoms with Crippen molar-refractivity contribution in [3.8, 4) is 11.5 Å². The molecule has 0 bridgehead atoms. The standard InChI is InChI=1S/C14H13N5O3/c1-19(6-8-2-3-10-11(4-8)22-7-21-10)14-16-12-9(5-15-18-12)13(20)17-14/h2-5H,6-7H2,1H3,(H2,15,16,17,18,20). The van der Waals surface area contributed by atoms with E-state index in [-0.39, 0.29) is 12.4 Å². The molecule has 0 amide bonds. The zero-order chi connectivity index (χ0) is 15.1. The quantitative estimate of drug-likeness (QED) is 0.749. The molecule has 3 aromatic rings. The molecule has 8 nitrogen and oxygen atoms in total. The number of nitrogens with one attached hydrogen (secondary N) is 2. The number of aromatic nitrogens is 4. The van der Waals surface area contributed by atoms with Crippen LogP contribution in [0.25, 0.3) is 11.0 Å². The molecule has 1 aliphatic rings. The van der Waals surface area contributed by atoms with E-state index in [1.54, 1.807) is 0 Å². The summed E-state index contributed by atoms with van der Waals surface area (Å²) < 4.78 is 10.7. The van der Waals surface area contributed by atoms with Crippen LogP contribution < -0.4 is 19.9 Å². The topological polar surface area (TPSA) is 96.1 Å². The molecular weight excluding hydrogens is 286 g/mol. The minimum atomic E-state index is -0.216. The maximum Gasteiger partial charge on any atom is 0.263 e. The van der Waals surface area contributed by atoms with Crippen LogP contribution in [0.3, 0.4) is 0 Å². The zero-order valence-corrected chi connectivity index (χ0v) is 11.8. The number of hydrogen-bond donors (Lipinski definition) is 2. The second-order valence-corrected chi connectivity index (χ2v) is 5.07. The van der Waals surface area contributed by atoms with Gasteiger partial charge in [-0.3, -0.25) is 14.9 Å². The number of fused-ring (bicyclic) bond motifs is 2. The summed E-state index contributed by atoms with van der Waals surface area (Å²) in [6, 6.07) is 5.75. The molecule has 0 fully saturated rings. The van der Waals surface area contributed by atoms with Crippen molar-refractivity contribution in [3.63, 3.8) is 0 Å². The van der Waals surface area contributed by atoms with Gasteiger partial charge in [-0.1, -0.05) is 6.07 Å². The van der Waals surface area contributed by atoms with Crippen LogP contribution in [-0.4, -0.2) is 34.0 Å². The van der Waals surface area contributed by atoms with Gasteiger partial charge in [0.15, 0.2) is 17.1 Å². The summed E-state index contributed by atoms with van der Waals surface area (Å²) in [5.41, 5.74) is 1.28. The number of ether oxygens (including phenoxy) is 2. The van der Waals surface area contributed by atoms with Crippen molar-refractivity contribution in [3.05, 3.63) is 40.3 Å². The molecule has 4 rings (SSSR count). The van der Waals surface area contributed by atoms with Gasteiger partial charge in [0, 0.05) is 13.6 Å². The maximum atomic E-state index is 12.0. The van der Waals surface area contributed by atoms with Gasteiger partial charge in [0.25, 0.3) is 5.56 Å². The lowest BCUT2D eigenvalue weighted by molar-refractivity contribution is 0.174. The summed E-state index contributed by atoms with van der Waals surface area (Å²) in [4.78, 5) is 20.9. The third-order valence-electron chi connectivity index (χ3n) is 3.53. The molecular formula is C14H13N5O3. The number of anilines is 1. The van der Waals surface area contributed by atoms with Crippen LogP contribution in [0, 0.1) is 0 Å². The first-order valence-electron chi connectivity index (χ1n) is 6.74. The average molecular weight is 299 g/mol. The largest absolute Gasteiger partial charge is 0.454 e. The fourth-order valence-electron chi connectivity index (χ4n) is 2.40. The lowest BCUT2D eigenvalue weighted by Crippen LogP contribution is -2.22. The maximum absolute atomic E-state index is 12.0. The molecule has 1 aromatic carbocycles. The van der Waals surface area contributed by atoms with Gasteiger partial charge in [0.1, 0.15) is 5.39 Å². The van der Waals surface area contributed by atoms with Crippen LogP contribution in [0.4, 0.5) is 5.95 Å². The molecule has 8 heteroatoms. The molecule has 22 heavy (non-hydrogen) atoms. The van der Waals surface area contributed by atoms with E-state index in [4.69, 9.17) is 9.47 Å². The van der Waals surface area contributed by atoms with Gasteiger partial charge in [0.2, 0.25) is 12.7 Å². The Hall–Kier alpha value is -3.03. The minimum Gasteiger partial charge on any atom is -0.454 e. The molecule has 0 radical (unpaired) electrons. The van der Waals surface area contributed by atoms with Gasteiger partial charge in [-0.15, -0.1) is 0 Å². The number of benzene rings is 1.